The molecule has 0 saturated carbocycles. The molecule has 0 fully saturated rings. The molecule has 0 bridgehead atoms. The first kappa shape index (κ1) is 9.75. The molecule has 1 aromatic heterocycles. The number of hydrogen-bond donors (Lipinski definition) is 1. The summed E-state index contributed by atoms with van der Waals surface area (Å²) in [5.41, 5.74) is 0. The van der Waals surface area contributed by atoms with Gasteiger partial charge in [0, 0.05) is 12.4 Å². The van der Waals surface area contributed by atoms with Gasteiger partial charge in [0.1, 0.15) is 12.4 Å². The second kappa shape index (κ2) is 5.33. The van der Waals surface area contributed by atoms with Crippen LogP contribution in [0, 0.1) is 11.3 Å². The average Bonchev–Trinajstić information content (AvgIpc) is 2.54. The third-order valence-electron chi connectivity index (χ3n) is 1.75. The van der Waals surface area contributed by atoms with E-state index in [0.29, 0.717) is 6.54 Å². The predicted molar refractivity (Wildman–Crippen MR) is 49.8 cm³/mol. The van der Waals surface area contributed by atoms with Crippen molar-refractivity contribution in [1.82, 2.24) is 14.9 Å². The second-order valence-corrected chi connectivity index (χ2v) is 2.81. The molecule has 4 heteroatoms. The minimum Gasteiger partial charge on any atom is -0.320 e. The van der Waals surface area contributed by atoms with Crippen LogP contribution >= 0.6 is 0 Å². The van der Waals surface area contributed by atoms with Gasteiger partial charge in [-0.05, 0) is 13.0 Å². The zero-order chi connectivity index (χ0) is 9.52. The normalized spacial score (nSPS) is 9.85. The molecule has 0 atom stereocenters. The van der Waals surface area contributed by atoms with Crippen LogP contribution in [0.3, 0.4) is 0 Å². The molecule has 1 heterocycles. The van der Waals surface area contributed by atoms with Crippen molar-refractivity contribution in [2.45, 2.75) is 26.4 Å². The highest BCUT2D eigenvalue weighted by Gasteiger charge is 1.99. The Morgan fingerprint density at radius 3 is 3.23 bits per heavy atom. The van der Waals surface area contributed by atoms with Crippen molar-refractivity contribution in [2.75, 3.05) is 6.54 Å². The molecule has 0 aliphatic rings. The van der Waals surface area contributed by atoms with Crippen LogP contribution in [0.4, 0.5) is 0 Å². The number of nitrogens with one attached hydrogen (secondary N) is 1. The van der Waals surface area contributed by atoms with Gasteiger partial charge in [-0.25, -0.2) is 4.98 Å². The Morgan fingerprint density at radius 2 is 2.54 bits per heavy atom. The first-order chi connectivity index (χ1) is 6.38. The molecule has 0 aromatic carbocycles. The van der Waals surface area contributed by atoms with Crippen molar-refractivity contribution < 1.29 is 0 Å². The van der Waals surface area contributed by atoms with Gasteiger partial charge in [-0.1, -0.05) is 6.92 Å². The molecular weight excluding hydrogens is 164 g/mol. The largest absolute Gasteiger partial charge is 0.320 e. The van der Waals surface area contributed by atoms with Crippen LogP contribution in [0.5, 0.6) is 0 Å². The standard InChI is InChI=1S/C9H14N4/c1-2-4-11-8-9-12-5-7-13(9)6-3-10/h5,7,11H,2,4,6,8H2,1H3. The van der Waals surface area contributed by atoms with Crippen LogP contribution < -0.4 is 5.32 Å². The summed E-state index contributed by atoms with van der Waals surface area (Å²) in [6, 6.07) is 2.10. The zero-order valence-corrected chi connectivity index (χ0v) is 7.82. The number of rotatable bonds is 5. The minimum atomic E-state index is 0.378. The van der Waals surface area contributed by atoms with Gasteiger partial charge < -0.3 is 9.88 Å². The minimum absolute atomic E-state index is 0.378. The highest BCUT2D eigenvalue weighted by molar-refractivity contribution is 4.94. The molecule has 1 N–H and O–H groups in total. The molecular formula is C9H14N4. The molecule has 0 aliphatic heterocycles. The van der Waals surface area contributed by atoms with E-state index in [1.165, 1.54) is 0 Å². The summed E-state index contributed by atoms with van der Waals surface area (Å²) in [6.45, 7) is 4.22. The fraction of sp³-hybridized carbons (Fsp3) is 0.556. The highest BCUT2D eigenvalue weighted by Crippen LogP contribution is 1.96. The maximum atomic E-state index is 8.52. The Hall–Kier alpha value is -1.34. The van der Waals surface area contributed by atoms with E-state index in [1.54, 1.807) is 6.20 Å². The predicted octanol–water partition coefficient (Wildman–Crippen LogP) is 0.906. The molecule has 4 nitrogen and oxygen atoms in total. The molecule has 0 spiro atoms. The Balaban J connectivity index is 2.46. The van der Waals surface area contributed by atoms with Crippen LogP contribution in [0.1, 0.15) is 19.2 Å². The maximum Gasteiger partial charge on any atom is 0.123 e. The highest BCUT2D eigenvalue weighted by atomic mass is 15.1. The Morgan fingerprint density at radius 1 is 1.69 bits per heavy atom. The summed E-state index contributed by atoms with van der Waals surface area (Å²) in [6.07, 6.45) is 4.66. The first-order valence-corrected chi connectivity index (χ1v) is 4.46. The quantitative estimate of drug-likeness (QED) is 0.682. The van der Waals surface area contributed by atoms with Crippen molar-refractivity contribution in [1.29, 1.82) is 5.26 Å². The molecule has 70 valence electrons. The van der Waals surface area contributed by atoms with Gasteiger partial charge in [-0.3, -0.25) is 0 Å². The van der Waals surface area contributed by atoms with Crippen molar-refractivity contribution in [3.63, 3.8) is 0 Å². The van der Waals surface area contributed by atoms with Gasteiger partial charge in [0.15, 0.2) is 0 Å². The van der Waals surface area contributed by atoms with Crippen LogP contribution in [0.25, 0.3) is 0 Å². The number of nitrogens with zero attached hydrogens (tertiary/aromatic N) is 3. The van der Waals surface area contributed by atoms with Gasteiger partial charge in [0.25, 0.3) is 0 Å². The average molecular weight is 178 g/mol. The van der Waals surface area contributed by atoms with Crippen molar-refractivity contribution >= 4 is 0 Å². The van der Waals surface area contributed by atoms with E-state index < -0.39 is 0 Å². The molecule has 0 aliphatic carbocycles. The van der Waals surface area contributed by atoms with Crippen LogP contribution in [-0.2, 0) is 13.1 Å². The fourth-order valence-electron chi connectivity index (χ4n) is 1.10. The van der Waals surface area contributed by atoms with E-state index in [2.05, 4.69) is 23.3 Å². The number of nitriles is 1. The summed E-state index contributed by atoms with van der Waals surface area (Å²) >= 11 is 0. The van der Waals surface area contributed by atoms with E-state index in [4.69, 9.17) is 5.26 Å². The van der Waals surface area contributed by atoms with Crippen LogP contribution in [0.15, 0.2) is 12.4 Å². The topological polar surface area (TPSA) is 53.6 Å². The third-order valence-corrected chi connectivity index (χ3v) is 1.75. The van der Waals surface area contributed by atoms with E-state index in [1.807, 2.05) is 10.8 Å². The van der Waals surface area contributed by atoms with Crippen molar-refractivity contribution in [3.8, 4) is 6.07 Å². The smallest absolute Gasteiger partial charge is 0.123 e. The Labute approximate surface area is 78.2 Å². The summed E-state index contributed by atoms with van der Waals surface area (Å²) in [5, 5.41) is 11.8. The lowest BCUT2D eigenvalue weighted by Crippen LogP contribution is -2.17. The van der Waals surface area contributed by atoms with E-state index in [0.717, 1.165) is 25.3 Å². The molecule has 0 saturated heterocycles. The van der Waals surface area contributed by atoms with Gasteiger partial charge >= 0.3 is 0 Å². The third kappa shape index (κ3) is 2.88. The van der Waals surface area contributed by atoms with Gasteiger partial charge in [0.05, 0.1) is 12.6 Å². The SMILES string of the molecule is CCCNCc1nccn1CC#N. The monoisotopic (exact) mass is 178 g/mol. The van der Waals surface area contributed by atoms with Gasteiger partial charge in [-0.2, -0.15) is 5.26 Å². The second-order valence-electron chi connectivity index (χ2n) is 2.81. The van der Waals surface area contributed by atoms with Crippen LogP contribution in [0.2, 0.25) is 0 Å². The van der Waals surface area contributed by atoms with E-state index >= 15 is 0 Å². The Kier molecular flexibility index (Phi) is 4.00. The number of hydrogen-bond acceptors (Lipinski definition) is 3. The molecule has 13 heavy (non-hydrogen) atoms. The summed E-state index contributed by atoms with van der Waals surface area (Å²) in [4.78, 5) is 4.16. The number of imidazole rings is 1. The fourth-order valence-corrected chi connectivity index (χ4v) is 1.10. The van der Waals surface area contributed by atoms with E-state index in [-0.39, 0.29) is 0 Å². The zero-order valence-electron chi connectivity index (χ0n) is 7.82. The molecule has 1 aromatic rings. The summed E-state index contributed by atoms with van der Waals surface area (Å²) in [5.74, 6) is 0.926. The molecule has 0 radical (unpaired) electrons. The van der Waals surface area contributed by atoms with Crippen molar-refractivity contribution in [2.24, 2.45) is 0 Å². The lowest BCUT2D eigenvalue weighted by molar-refractivity contribution is 0.620. The number of aromatic nitrogens is 2. The molecule has 1 rings (SSSR count). The molecule has 0 unspecified atom stereocenters. The van der Waals surface area contributed by atoms with Gasteiger partial charge in [-0.15, -0.1) is 0 Å². The molecule has 0 amide bonds. The first-order valence-electron chi connectivity index (χ1n) is 4.46. The Bertz CT molecular complexity index is 284. The lowest BCUT2D eigenvalue weighted by Gasteiger charge is -2.03. The van der Waals surface area contributed by atoms with E-state index in [9.17, 15) is 0 Å². The van der Waals surface area contributed by atoms with Crippen LogP contribution in [-0.4, -0.2) is 16.1 Å². The van der Waals surface area contributed by atoms with Crippen molar-refractivity contribution in [3.05, 3.63) is 18.2 Å². The summed E-state index contributed by atoms with van der Waals surface area (Å²) in [7, 11) is 0. The maximum absolute atomic E-state index is 8.52. The lowest BCUT2D eigenvalue weighted by atomic mass is 10.4. The summed E-state index contributed by atoms with van der Waals surface area (Å²) < 4.78 is 1.85. The van der Waals surface area contributed by atoms with Gasteiger partial charge in [0.2, 0.25) is 0 Å².